The van der Waals surface area contributed by atoms with E-state index in [0.29, 0.717) is 6.42 Å². The number of carbonyl (C=O) groups is 1. The summed E-state index contributed by atoms with van der Waals surface area (Å²) in [6, 6.07) is 10.4. The molecule has 0 aliphatic heterocycles. The third-order valence-corrected chi connectivity index (χ3v) is 4.43. The third-order valence-electron chi connectivity index (χ3n) is 4.43. The van der Waals surface area contributed by atoms with Crippen LogP contribution in [-0.2, 0) is 11.2 Å². The number of ether oxygens (including phenoxy) is 1. The molecule has 0 aliphatic rings. The first-order chi connectivity index (χ1) is 11.8. The van der Waals surface area contributed by atoms with Crippen molar-refractivity contribution < 1.29 is 9.53 Å². The third kappa shape index (κ3) is 4.48. The summed E-state index contributed by atoms with van der Waals surface area (Å²) in [5, 5.41) is 0. The van der Waals surface area contributed by atoms with E-state index < -0.39 is 0 Å². The molecule has 0 amide bonds. The summed E-state index contributed by atoms with van der Waals surface area (Å²) in [5.74, 6) is 1.06. The first kappa shape index (κ1) is 18.7. The van der Waals surface area contributed by atoms with Gasteiger partial charge in [0.2, 0.25) is 0 Å². The number of methoxy groups -OCH3 is 1. The normalized spacial score (nSPS) is 11.3. The van der Waals surface area contributed by atoms with Crippen molar-refractivity contribution in [1.82, 2.24) is 0 Å². The van der Waals surface area contributed by atoms with Gasteiger partial charge in [-0.2, -0.15) is 0 Å². The Bertz CT molecular complexity index is 841. The molecule has 130 valence electrons. The second kappa shape index (κ2) is 7.98. The number of Topliss-reactive ketones (excluding diaryl/α,β-unsaturated/α-hetero) is 1. The fourth-order valence-corrected chi connectivity index (χ4v) is 2.99. The smallest absolute Gasteiger partial charge is 0.134 e. The summed E-state index contributed by atoms with van der Waals surface area (Å²) in [6.45, 7) is 11.8. The number of rotatable bonds is 6. The van der Waals surface area contributed by atoms with Crippen molar-refractivity contribution >= 4 is 17.4 Å². The molecule has 0 N–H and O–H groups in total. The van der Waals surface area contributed by atoms with Crippen LogP contribution in [0, 0.1) is 20.8 Å². The SMILES string of the molecule is C=C/C(=C\c1cc(OC)c(C)cc1C)c1ccc(CC(C)=O)c(C)c1. The van der Waals surface area contributed by atoms with E-state index in [4.69, 9.17) is 4.74 Å². The number of carbonyl (C=O) groups excluding carboxylic acids is 1. The minimum absolute atomic E-state index is 0.178. The zero-order valence-electron chi connectivity index (χ0n) is 15.8. The fraction of sp³-hybridized carbons (Fsp3) is 0.261. The Hall–Kier alpha value is -2.61. The monoisotopic (exact) mass is 334 g/mol. The number of hydrogen-bond donors (Lipinski definition) is 0. The van der Waals surface area contributed by atoms with Crippen molar-refractivity contribution in [3.63, 3.8) is 0 Å². The van der Waals surface area contributed by atoms with Crippen LogP contribution in [0.3, 0.4) is 0 Å². The summed E-state index contributed by atoms with van der Waals surface area (Å²) in [6.07, 6.45) is 4.47. The molecule has 25 heavy (non-hydrogen) atoms. The van der Waals surface area contributed by atoms with E-state index >= 15 is 0 Å². The first-order valence-electron chi connectivity index (χ1n) is 8.44. The van der Waals surface area contributed by atoms with Crippen LogP contribution in [0.25, 0.3) is 11.6 Å². The molecule has 0 bridgehead atoms. The lowest BCUT2D eigenvalue weighted by Crippen LogP contribution is -1.99. The minimum atomic E-state index is 0.178. The van der Waals surface area contributed by atoms with Crippen molar-refractivity contribution in [2.45, 2.75) is 34.1 Å². The standard InChI is InChI=1S/C23H26O2/c1-7-19(13-22-14-23(25-6)17(4)10-15(22)2)21-9-8-20(12-18(5)24)16(3)11-21/h7-11,13-14H,1,12H2,2-6H3/b19-13+. The molecular weight excluding hydrogens is 308 g/mol. The van der Waals surface area contributed by atoms with Crippen LogP contribution in [0.2, 0.25) is 0 Å². The lowest BCUT2D eigenvalue weighted by Gasteiger charge is -2.12. The summed E-state index contributed by atoms with van der Waals surface area (Å²) in [5.41, 5.74) is 7.78. The zero-order chi connectivity index (χ0) is 18.6. The molecule has 2 heteroatoms. The molecule has 0 unspecified atom stereocenters. The number of benzene rings is 2. The molecule has 0 aliphatic carbocycles. The average Bonchev–Trinajstić information content (AvgIpc) is 2.56. The van der Waals surface area contributed by atoms with E-state index in [1.807, 2.05) is 26.0 Å². The van der Waals surface area contributed by atoms with Gasteiger partial charge in [0.05, 0.1) is 7.11 Å². The van der Waals surface area contributed by atoms with Crippen molar-refractivity contribution in [2.75, 3.05) is 7.11 Å². The molecule has 0 saturated heterocycles. The quantitative estimate of drug-likeness (QED) is 0.516. The topological polar surface area (TPSA) is 26.3 Å². The molecule has 0 aromatic heterocycles. The molecule has 0 radical (unpaired) electrons. The summed E-state index contributed by atoms with van der Waals surface area (Å²) >= 11 is 0. The van der Waals surface area contributed by atoms with Gasteiger partial charge in [-0.1, -0.05) is 36.9 Å². The van der Waals surface area contributed by atoms with E-state index in [9.17, 15) is 4.79 Å². The van der Waals surface area contributed by atoms with Crippen LogP contribution in [0.1, 0.15) is 40.3 Å². The highest BCUT2D eigenvalue weighted by Crippen LogP contribution is 2.28. The number of allylic oxidation sites excluding steroid dienone is 2. The Morgan fingerprint density at radius 1 is 1.08 bits per heavy atom. The van der Waals surface area contributed by atoms with Crippen LogP contribution >= 0.6 is 0 Å². The van der Waals surface area contributed by atoms with Gasteiger partial charge in [0.1, 0.15) is 11.5 Å². The van der Waals surface area contributed by atoms with Crippen LogP contribution in [0.4, 0.5) is 0 Å². The van der Waals surface area contributed by atoms with Gasteiger partial charge in [-0.3, -0.25) is 4.79 Å². The van der Waals surface area contributed by atoms with E-state index in [1.165, 1.54) is 5.56 Å². The van der Waals surface area contributed by atoms with Crippen molar-refractivity contribution in [3.05, 3.63) is 76.4 Å². The number of ketones is 1. The Balaban J connectivity index is 2.46. The van der Waals surface area contributed by atoms with Crippen LogP contribution in [0.5, 0.6) is 5.75 Å². The van der Waals surface area contributed by atoms with E-state index in [2.05, 4.69) is 43.8 Å². The predicted molar refractivity (Wildman–Crippen MR) is 106 cm³/mol. The maximum absolute atomic E-state index is 11.4. The van der Waals surface area contributed by atoms with Gasteiger partial charge >= 0.3 is 0 Å². The fourth-order valence-electron chi connectivity index (χ4n) is 2.99. The summed E-state index contributed by atoms with van der Waals surface area (Å²) in [7, 11) is 1.69. The first-order valence-corrected chi connectivity index (χ1v) is 8.44. The van der Waals surface area contributed by atoms with Crippen molar-refractivity contribution in [3.8, 4) is 5.75 Å². The molecule has 2 rings (SSSR count). The van der Waals surface area contributed by atoms with Gasteiger partial charge in [0.25, 0.3) is 0 Å². The lowest BCUT2D eigenvalue weighted by molar-refractivity contribution is -0.116. The van der Waals surface area contributed by atoms with Gasteiger partial charge in [0.15, 0.2) is 0 Å². The Kier molecular flexibility index (Phi) is 5.97. The van der Waals surface area contributed by atoms with Crippen LogP contribution in [-0.4, -0.2) is 12.9 Å². The van der Waals surface area contributed by atoms with Gasteiger partial charge in [-0.05, 0) is 78.8 Å². The summed E-state index contributed by atoms with van der Waals surface area (Å²) in [4.78, 5) is 11.4. The molecule has 0 spiro atoms. The van der Waals surface area contributed by atoms with E-state index in [-0.39, 0.29) is 5.78 Å². The second-order valence-electron chi connectivity index (χ2n) is 6.50. The van der Waals surface area contributed by atoms with Gasteiger partial charge in [-0.15, -0.1) is 0 Å². The molecule has 2 aromatic carbocycles. The predicted octanol–water partition coefficient (Wildman–Crippen LogP) is 5.48. The molecule has 0 atom stereocenters. The van der Waals surface area contributed by atoms with Crippen molar-refractivity contribution in [2.24, 2.45) is 0 Å². The van der Waals surface area contributed by atoms with E-state index in [1.54, 1.807) is 14.0 Å². The highest BCUT2D eigenvalue weighted by Gasteiger charge is 2.07. The zero-order valence-corrected chi connectivity index (χ0v) is 15.8. The molecule has 0 heterocycles. The molecular formula is C23H26O2. The van der Waals surface area contributed by atoms with Crippen molar-refractivity contribution in [1.29, 1.82) is 0 Å². The minimum Gasteiger partial charge on any atom is -0.496 e. The maximum atomic E-state index is 11.4. The summed E-state index contributed by atoms with van der Waals surface area (Å²) < 4.78 is 5.45. The second-order valence-corrected chi connectivity index (χ2v) is 6.50. The Morgan fingerprint density at radius 3 is 2.36 bits per heavy atom. The van der Waals surface area contributed by atoms with Gasteiger partial charge in [-0.25, -0.2) is 0 Å². The Labute approximate surface area is 150 Å². The average molecular weight is 334 g/mol. The molecule has 2 aromatic rings. The Morgan fingerprint density at radius 2 is 1.80 bits per heavy atom. The number of aryl methyl sites for hydroxylation is 3. The van der Waals surface area contributed by atoms with E-state index in [0.717, 1.165) is 39.1 Å². The highest BCUT2D eigenvalue weighted by molar-refractivity contribution is 5.88. The molecule has 0 fully saturated rings. The molecule has 2 nitrogen and oxygen atoms in total. The maximum Gasteiger partial charge on any atom is 0.134 e. The lowest BCUT2D eigenvalue weighted by atomic mass is 9.95. The number of hydrogen-bond acceptors (Lipinski definition) is 2. The van der Waals surface area contributed by atoms with Gasteiger partial charge in [0, 0.05) is 6.42 Å². The highest BCUT2D eigenvalue weighted by atomic mass is 16.5. The van der Waals surface area contributed by atoms with Gasteiger partial charge < -0.3 is 4.74 Å². The molecule has 0 saturated carbocycles. The van der Waals surface area contributed by atoms with Crippen LogP contribution in [0.15, 0.2) is 43.0 Å². The van der Waals surface area contributed by atoms with Crippen LogP contribution < -0.4 is 4.74 Å². The largest absolute Gasteiger partial charge is 0.496 e.